The van der Waals surface area contributed by atoms with Gasteiger partial charge in [0, 0.05) is 29.9 Å². The van der Waals surface area contributed by atoms with E-state index in [1.165, 1.54) is 11.1 Å². The molecule has 32 heavy (non-hydrogen) atoms. The molecule has 5 rings (SSSR count). The SMILES string of the molecule is C[C@H](NCc1cn[nH]c1-c1ccc(-c2ccccc2)cc1)c1cnn(-c2ccccc2)c1. The maximum absolute atomic E-state index is 4.51. The highest BCUT2D eigenvalue weighted by Gasteiger charge is 2.12. The summed E-state index contributed by atoms with van der Waals surface area (Å²) in [5, 5.41) is 15.6. The van der Waals surface area contributed by atoms with Crippen molar-refractivity contribution in [2.75, 3.05) is 0 Å². The summed E-state index contributed by atoms with van der Waals surface area (Å²) in [6, 6.07) is 29.3. The third-order valence-electron chi connectivity index (χ3n) is 5.72. The van der Waals surface area contributed by atoms with Gasteiger partial charge in [0.25, 0.3) is 0 Å². The first kappa shape index (κ1) is 20.0. The van der Waals surface area contributed by atoms with Gasteiger partial charge < -0.3 is 5.32 Å². The Morgan fingerprint density at radius 3 is 2.22 bits per heavy atom. The Kier molecular flexibility index (Phi) is 5.64. The van der Waals surface area contributed by atoms with Gasteiger partial charge in [-0.3, -0.25) is 5.10 Å². The minimum Gasteiger partial charge on any atom is -0.306 e. The van der Waals surface area contributed by atoms with Crippen molar-refractivity contribution in [2.24, 2.45) is 0 Å². The highest BCUT2D eigenvalue weighted by atomic mass is 15.3. The molecule has 0 aliphatic rings. The first-order valence-corrected chi connectivity index (χ1v) is 10.8. The number of aromatic amines is 1. The summed E-state index contributed by atoms with van der Waals surface area (Å²) in [7, 11) is 0. The van der Waals surface area contributed by atoms with Crippen LogP contribution in [-0.2, 0) is 6.54 Å². The predicted molar refractivity (Wildman–Crippen MR) is 128 cm³/mol. The van der Waals surface area contributed by atoms with Gasteiger partial charge in [0.1, 0.15) is 0 Å². The van der Waals surface area contributed by atoms with Crippen molar-refractivity contribution in [2.45, 2.75) is 19.5 Å². The zero-order chi connectivity index (χ0) is 21.8. The molecule has 1 atom stereocenters. The monoisotopic (exact) mass is 419 g/mol. The smallest absolute Gasteiger partial charge is 0.0695 e. The maximum Gasteiger partial charge on any atom is 0.0695 e. The van der Waals surface area contributed by atoms with E-state index in [9.17, 15) is 0 Å². The highest BCUT2D eigenvalue weighted by Crippen LogP contribution is 2.26. The quantitative estimate of drug-likeness (QED) is 0.352. The van der Waals surface area contributed by atoms with Gasteiger partial charge in [0.15, 0.2) is 0 Å². The van der Waals surface area contributed by atoms with E-state index in [2.05, 4.69) is 94.4 Å². The van der Waals surface area contributed by atoms with Crippen molar-refractivity contribution in [1.82, 2.24) is 25.3 Å². The molecular formula is C27H25N5. The summed E-state index contributed by atoms with van der Waals surface area (Å²) in [6.07, 6.45) is 5.89. The van der Waals surface area contributed by atoms with Crippen molar-refractivity contribution < 1.29 is 0 Å². The molecule has 2 N–H and O–H groups in total. The van der Waals surface area contributed by atoms with Crippen molar-refractivity contribution in [3.05, 3.63) is 115 Å². The molecule has 0 aliphatic carbocycles. The van der Waals surface area contributed by atoms with Crippen LogP contribution in [0.15, 0.2) is 104 Å². The molecule has 0 spiro atoms. The van der Waals surface area contributed by atoms with Crippen molar-refractivity contribution in [1.29, 1.82) is 0 Å². The number of rotatable bonds is 7. The lowest BCUT2D eigenvalue weighted by Gasteiger charge is -2.12. The van der Waals surface area contributed by atoms with E-state index >= 15 is 0 Å². The average Bonchev–Trinajstić information content (AvgIpc) is 3.54. The Hall–Kier alpha value is -3.96. The lowest BCUT2D eigenvalue weighted by atomic mass is 10.0. The fourth-order valence-electron chi connectivity index (χ4n) is 3.82. The number of nitrogens with zero attached hydrogens (tertiary/aromatic N) is 3. The van der Waals surface area contributed by atoms with E-state index in [0.717, 1.165) is 28.1 Å². The second-order valence-corrected chi connectivity index (χ2v) is 7.87. The minimum atomic E-state index is 0.163. The Morgan fingerprint density at radius 2 is 1.47 bits per heavy atom. The number of para-hydroxylation sites is 1. The fraction of sp³-hybridized carbons (Fsp3) is 0.111. The molecule has 158 valence electrons. The Morgan fingerprint density at radius 1 is 0.812 bits per heavy atom. The molecule has 2 heterocycles. The second kappa shape index (κ2) is 9.04. The number of hydrogen-bond acceptors (Lipinski definition) is 3. The van der Waals surface area contributed by atoms with E-state index in [4.69, 9.17) is 0 Å². The van der Waals surface area contributed by atoms with E-state index in [1.54, 1.807) is 0 Å². The molecule has 0 aliphatic heterocycles. The lowest BCUT2D eigenvalue weighted by Crippen LogP contribution is -2.17. The van der Waals surface area contributed by atoms with Crippen LogP contribution in [0.2, 0.25) is 0 Å². The molecule has 0 radical (unpaired) electrons. The largest absolute Gasteiger partial charge is 0.306 e. The van der Waals surface area contributed by atoms with Crippen molar-refractivity contribution in [3.63, 3.8) is 0 Å². The molecular weight excluding hydrogens is 394 g/mol. The van der Waals surface area contributed by atoms with E-state index in [-0.39, 0.29) is 6.04 Å². The van der Waals surface area contributed by atoms with Crippen LogP contribution in [-0.4, -0.2) is 20.0 Å². The van der Waals surface area contributed by atoms with Crippen LogP contribution in [0.25, 0.3) is 28.1 Å². The highest BCUT2D eigenvalue weighted by molar-refractivity contribution is 5.70. The average molecular weight is 420 g/mol. The zero-order valence-corrected chi connectivity index (χ0v) is 17.9. The molecule has 3 aromatic carbocycles. The summed E-state index contributed by atoms with van der Waals surface area (Å²) in [5.74, 6) is 0. The summed E-state index contributed by atoms with van der Waals surface area (Å²) in [5.41, 5.74) is 7.94. The molecule has 2 aromatic heterocycles. The van der Waals surface area contributed by atoms with Gasteiger partial charge in [-0.15, -0.1) is 0 Å². The standard InChI is InChI=1S/C27H25N5/c1-20(25-18-30-32(19-25)26-10-6-3-7-11-26)28-16-24-17-29-31-27(24)23-14-12-22(13-15-23)21-8-4-2-5-9-21/h2-15,17-20,28H,16H2,1H3,(H,29,31)/t20-/m0/s1. The fourth-order valence-corrected chi connectivity index (χ4v) is 3.82. The second-order valence-electron chi connectivity index (χ2n) is 7.87. The molecule has 5 heteroatoms. The van der Waals surface area contributed by atoms with Crippen LogP contribution in [0.1, 0.15) is 24.1 Å². The predicted octanol–water partition coefficient (Wildman–Crippen LogP) is 5.78. The molecule has 0 fully saturated rings. The van der Waals surface area contributed by atoms with Gasteiger partial charge in [-0.05, 0) is 35.7 Å². The third-order valence-corrected chi connectivity index (χ3v) is 5.72. The Labute approximate surface area is 187 Å². The van der Waals surface area contributed by atoms with E-state index in [1.807, 2.05) is 41.3 Å². The van der Waals surface area contributed by atoms with E-state index < -0.39 is 0 Å². The first-order valence-electron chi connectivity index (χ1n) is 10.8. The summed E-state index contributed by atoms with van der Waals surface area (Å²) in [6.45, 7) is 2.87. The maximum atomic E-state index is 4.51. The van der Waals surface area contributed by atoms with Crippen LogP contribution >= 0.6 is 0 Å². The van der Waals surface area contributed by atoms with Crippen molar-refractivity contribution >= 4 is 0 Å². The Bertz CT molecular complexity index is 1270. The number of H-pyrrole nitrogens is 1. The number of aromatic nitrogens is 4. The third kappa shape index (κ3) is 4.24. The lowest BCUT2D eigenvalue weighted by molar-refractivity contribution is 0.575. The van der Waals surface area contributed by atoms with Crippen molar-refractivity contribution in [3.8, 4) is 28.1 Å². The van der Waals surface area contributed by atoms with Crippen LogP contribution in [0.4, 0.5) is 0 Å². The van der Waals surface area contributed by atoms with Gasteiger partial charge in [-0.2, -0.15) is 10.2 Å². The van der Waals surface area contributed by atoms with Crippen LogP contribution in [0, 0.1) is 0 Å². The summed E-state index contributed by atoms with van der Waals surface area (Å²) >= 11 is 0. The number of benzene rings is 3. The molecule has 0 saturated heterocycles. The number of hydrogen-bond donors (Lipinski definition) is 2. The Balaban J connectivity index is 1.27. The molecule has 5 nitrogen and oxygen atoms in total. The molecule has 0 bridgehead atoms. The zero-order valence-electron chi connectivity index (χ0n) is 17.9. The van der Waals surface area contributed by atoms with E-state index in [0.29, 0.717) is 6.54 Å². The van der Waals surface area contributed by atoms with Gasteiger partial charge in [0.05, 0.1) is 23.8 Å². The molecule has 5 aromatic rings. The number of nitrogens with one attached hydrogen (secondary N) is 2. The minimum absolute atomic E-state index is 0.163. The molecule has 0 saturated carbocycles. The van der Waals surface area contributed by atoms with Gasteiger partial charge in [-0.1, -0.05) is 72.8 Å². The molecule has 0 unspecified atom stereocenters. The van der Waals surface area contributed by atoms with Crippen LogP contribution in [0.3, 0.4) is 0 Å². The first-order chi connectivity index (χ1) is 15.8. The molecule has 0 amide bonds. The van der Waals surface area contributed by atoms with Crippen LogP contribution < -0.4 is 5.32 Å². The normalized spacial score (nSPS) is 12.0. The summed E-state index contributed by atoms with van der Waals surface area (Å²) < 4.78 is 1.91. The van der Waals surface area contributed by atoms with Gasteiger partial charge in [0.2, 0.25) is 0 Å². The summed E-state index contributed by atoms with van der Waals surface area (Å²) in [4.78, 5) is 0. The van der Waals surface area contributed by atoms with Crippen LogP contribution in [0.5, 0.6) is 0 Å². The van der Waals surface area contributed by atoms with Gasteiger partial charge >= 0.3 is 0 Å². The van der Waals surface area contributed by atoms with Gasteiger partial charge in [-0.25, -0.2) is 4.68 Å². The topological polar surface area (TPSA) is 58.5 Å².